The SMILES string of the molecule is Cc1ccc(C)c(-n2cc(CN[C@@H](C)C(N)=O)c(-c3ccccc3)n2)c1. The zero-order valence-corrected chi connectivity index (χ0v) is 15.4. The number of nitrogens with zero attached hydrogens (tertiary/aromatic N) is 2. The predicted octanol–water partition coefficient (Wildman–Crippen LogP) is 3.12. The van der Waals surface area contributed by atoms with Gasteiger partial charge in [-0.2, -0.15) is 5.10 Å². The van der Waals surface area contributed by atoms with Crippen LogP contribution in [0.1, 0.15) is 23.6 Å². The summed E-state index contributed by atoms with van der Waals surface area (Å²) in [6.45, 7) is 6.42. The smallest absolute Gasteiger partial charge is 0.234 e. The number of carbonyl (C=O) groups is 1. The second kappa shape index (κ2) is 7.54. The van der Waals surface area contributed by atoms with E-state index >= 15 is 0 Å². The second-order valence-corrected chi connectivity index (χ2v) is 6.61. The number of carbonyl (C=O) groups excluding carboxylic acids is 1. The number of hydrogen-bond acceptors (Lipinski definition) is 3. The summed E-state index contributed by atoms with van der Waals surface area (Å²) in [6, 6.07) is 16.0. The van der Waals surface area contributed by atoms with E-state index in [0.717, 1.165) is 28.1 Å². The van der Waals surface area contributed by atoms with Gasteiger partial charge in [-0.3, -0.25) is 4.79 Å². The Hall–Kier alpha value is -2.92. The average molecular weight is 348 g/mol. The number of nitrogens with two attached hydrogens (primary N) is 1. The third-order valence-electron chi connectivity index (χ3n) is 4.47. The Bertz CT molecular complexity index is 915. The van der Waals surface area contributed by atoms with Crippen LogP contribution in [0, 0.1) is 13.8 Å². The highest BCUT2D eigenvalue weighted by Gasteiger charge is 2.15. The molecule has 0 spiro atoms. The van der Waals surface area contributed by atoms with Gasteiger partial charge in [-0.05, 0) is 38.0 Å². The molecule has 0 radical (unpaired) electrons. The Morgan fingerprint density at radius 1 is 1.19 bits per heavy atom. The maximum atomic E-state index is 11.3. The van der Waals surface area contributed by atoms with Crippen LogP contribution in [0.15, 0.2) is 54.7 Å². The third-order valence-corrected chi connectivity index (χ3v) is 4.47. The summed E-state index contributed by atoms with van der Waals surface area (Å²) in [5, 5.41) is 8.01. The second-order valence-electron chi connectivity index (χ2n) is 6.61. The number of aromatic nitrogens is 2. The molecule has 3 aromatic rings. The van der Waals surface area contributed by atoms with Crippen molar-refractivity contribution in [2.45, 2.75) is 33.4 Å². The van der Waals surface area contributed by atoms with E-state index in [1.54, 1.807) is 6.92 Å². The molecular formula is C21H24N4O. The number of primary amides is 1. The molecule has 1 heterocycles. The van der Waals surface area contributed by atoms with Crippen molar-refractivity contribution in [3.8, 4) is 16.9 Å². The van der Waals surface area contributed by atoms with Crippen LogP contribution in [0.3, 0.4) is 0 Å². The van der Waals surface area contributed by atoms with E-state index in [0.29, 0.717) is 6.54 Å². The van der Waals surface area contributed by atoms with Crippen molar-refractivity contribution in [1.82, 2.24) is 15.1 Å². The van der Waals surface area contributed by atoms with Gasteiger partial charge in [-0.25, -0.2) is 4.68 Å². The summed E-state index contributed by atoms with van der Waals surface area (Å²) in [7, 11) is 0. The lowest BCUT2D eigenvalue weighted by molar-refractivity contribution is -0.119. The van der Waals surface area contributed by atoms with E-state index in [1.807, 2.05) is 41.2 Å². The number of amides is 1. The van der Waals surface area contributed by atoms with Gasteiger partial charge in [0.05, 0.1) is 17.4 Å². The van der Waals surface area contributed by atoms with Crippen molar-refractivity contribution >= 4 is 5.91 Å². The summed E-state index contributed by atoms with van der Waals surface area (Å²) in [5.74, 6) is -0.367. The molecule has 0 aliphatic rings. The fourth-order valence-electron chi connectivity index (χ4n) is 2.83. The Morgan fingerprint density at radius 3 is 2.62 bits per heavy atom. The molecule has 0 aliphatic heterocycles. The van der Waals surface area contributed by atoms with E-state index < -0.39 is 6.04 Å². The van der Waals surface area contributed by atoms with E-state index in [-0.39, 0.29) is 5.91 Å². The highest BCUT2D eigenvalue weighted by molar-refractivity contribution is 5.79. The molecule has 0 fully saturated rings. The van der Waals surface area contributed by atoms with Gasteiger partial charge in [-0.15, -0.1) is 0 Å². The molecule has 1 amide bonds. The molecule has 0 unspecified atom stereocenters. The summed E-state index contributed by atoms with van der Waals surface area (Å²) in [6.07, 6.45) is 2.02. The molecule has 2 aromatic carbocycles. The van der Waals surface area contributed by atoms with Crippen LogP contribution in [0.4, 0.5) is 0 Å². The lowest BCUT2D eigenvalue weighted by Gasteiger charge is -2.09. The van der Waals surface area contributed by atoms with Crippen molar-refractivity contribution in [3.63, 3.8) is 0 Å². The standard InChI is InChI=1S/C21H24N4O/c1-14-9-10-15(2)19(11-14)25-13-18(12-23-16(3)21(22)26)20(24-25)17-7-5-4-6-8-17/h4-11,13,16,23H,12H2,1-3H3,(H2,22,26)/t16-/m0/s1. The molecule has 5 heteroatoms. The lowest BCUT2D eigenvalue weighted by atomic mass is 10.1. The van der Waals surface area contributed by atoms with Gasteiger partial charge in [0.2, 0.25) is 5.91 Å². The number of benzene rings is 2. The van der Waals surface area contributed by atoms with Crippen molar-refractivity contribution < 1.29 is 4.79 Å². The van der Waals surface area contributed by atoms with Gasteiger partial charge in [0, 0.05) is 23.9 Å². The van der Waals surface area contributed by atoms with Crippen LogP contribution >= 0.6 is 0 Å². The van der Waals surface area contributed by atoms with Crippen LogP contribution in [0.2, 0.25) is 0 Å². The van der Waals surface area contributed by atoms with Crippen LogP contribution < -0.4 is 11.1 Å². The fraction of sp³-hybridized carbons (Fsp3) is 0.238. The third kappa shape index (κ3) is 3.83. The minimum atomic E-state index is -0.400. The molecule has 0 aliphatic carbocycles. The first-order chi connectivity index (χ1) is 12.5. The molecule has 134 valence electrons. The van der Waals surface area contributed by atoms with Gasteiger partial charge in [0.25, 0.3) is 0 Å². The van der Waals surface area contributed by atoms with E-state index in [1.165, 1.54) is 5.56 Å². The first-order valence-electron chi connectivity index (χ1n) is 8.70. The molecule has 1 aromatic heterocycles. The van der Waals surface area contributed by atoms with Crippen molar-refractivity contribution in [3.05, 3.63) is 71.4 Å². The van der Waals surface area contributed by atoms with Crippen LogP contribution in [-0.2, 0) is 11.3 Å². The predicted molar refractivity (Wildman–Crippen MR) is 104 cm³/mol. The number of rotatable bonds is 6. The largest absolute Gasteiger partial charge is 0.368 e. The zero-order valence-electron chi connectivity index (χ0n) is 15.4. The highest BCUT2D eigenvalue weighted by Crippen LogP contribution is 2.25. The Kier molecular flexibility index (Phi) is 5.19. The molecule has 3 N–H and O–H groups in total. The first kappa shape index (κ1) is 17.9. The van der Waals surface area contributed by atoms with Crippen LogP contribution in [-0.4, -0.2) is 21.7 Å². The van der Waals surface area contributed by atoms with Gasteiger partial charge in [-0.1, -0.05) is 42.5 Å². The van der Waals surface area contributed by atoms with Gasteiger partial charge in [0.1, 0.15) is 0 Å². The zero-order chi connectivity index (χ0) is 18.7. The first-order valence-corrected chi connectivity index (χ1v) is 8.70. The van der Waals surface area contributed by atoms with Crippen molar-refractivity contribution in [2.24, 2.45) is 5.73 Å². The van der Waals surface area contributed by atoms with Gasteiger partial charge in [0.15, 0.2) is 0 Å². The molecule has 1 atom stereocenters. The number of aryl methyl sites for hydroxylation is 2. The van der Waals surface area contributed by atoms with Gasteiger partial charge < -0.3 is 11.1 Å². The Morgan fingerprint density at radius 2 is 1.92 bits per heavy atom. The van der Waals surface area contributed by atoms with Gasteiger partial charge >= 0.3 is 0 Å². The molecule has 0 saturated carbocycles. The maximum absolute atomic E-state index is 11.3. The highest BCUT2D eigenvalue weighted by atomic mass is 16.1. The summed E-state index contributed by atoms with van der Waals surface area (Å²) in [4.78, 5) is 11.3. The monoisotopic (exact) mass is 348 g/mol. The minimum Gasteiger partial charge on any atom is -0.368 e. The number of nitrogens with one attached hydrogen (secondary N) is 1. The normalized spacial score (nSPS) is 12.1. The molecule has 0 bridgehead atoms. The average Bonchev–Trinajstić information content (AvgIpc) is 3.06. The molecule has 5 nitrogen and oxygen atoms in total. The topological polar surface area (TPSA) is 72.9 Å². The molecule has 26 heavy (non-hydrogen) atoms. The minimum absolute atomic E-state index is 0.367. The molecular weight excluding hydrogens is 324 g/mol. The summed E-state index contributed by atoms with van der Waals surface area (Å²) >= 11 is 0. The number of hydrogen-bond donors (Lipinski definition) is 2. The van der Waals surface area contributed by atoms with E-state index in [9.17, 15) is 4.79 Å². The lowest BCUT2D eigenvalue weighted by Crippen LogP contribution is -2.38. The molecule has 0 saturated heterocycles. The summed E-state index contributed by atoms with van der Waals surface area (Å²) < 4.78 is 1.91. The fourth-order valence-corrected chi connectivity index (χ4v) is 2.83. The van der Waals surface area contributed by atoms with Crippen molar-refractivity contribution in [2.75, 3.05) is 0 Å². The van der Waals surface area contributed by atoms with E-state index in [4.69, 9.17) is 10.8 Å². The Labute approximate surface area is 153 Å². The Balaban J connectivity index is 2.02. The van der Waals surface area contributed by atoms with E-state index in [2.05, 4.69) is 37.4 Å². The van der Waals surface area contributed by atoms with Crippen LogP contribution in [0.25, 0.3) is 16.9 Å². The summed E-state index contributed by atoms with van der Waals surface area (Å²) in [5.41, 5.74) is 11.7. The van der Waals surface area contributed by atoms with Crippen LogP contribution in [0.5, 0.6) is 0 Å². The molecule has 3 rings (SSSR count). The van der Waals surface area contributed by atoms with Crippen molar-refractivity contribution in [1.29, 1.82) is 0 Å². The maximum Gasteiger partial charge on any atom is 0.234 e. The quantitative estimate of drug-likeness (QED) is 0.719.